The van der Waals surface area contributed by atoms with E-state index >= 15 is 0 Å². The van der Waals surface area contributed by atoms with Crippen LogP contribution in [0.25, 0.3) is 11.3 Å². The second kappa shape index (κ2) is 8.68. The van der Waals surface area contributed by atoms with Gasteiger partial charge in [-0.1, -0.05) is 53.7 Å². The molecule has 2 aromatic carbocycles. The van der Waals surface area contributed by atoms with Crippen molar-refractivity contribution >= 4 is 45.8 Å². The average Bonchev–Trinajstić information content (AvgIpc) is 3.37. The fraction of sp³-hybridized carbons (Fsp3) is 0.143. The number of hydrogen-bond acceptors (Lipinski definition) is 7. The molecule has 0 saturated carbocycles. The zero-order valence-corrected chi connectivity index (χ0v) is 18.1. The lowest BCUT2D eigenvalue weighted by atomic mass is 10.1. The largest absolute Gasteiger partial charge is 0.368 e. The molecule has 0 atom stereocenters. The molecule has 9 heteroatoms. The molecule has 0 fully saturated rings. The van der Waals surface area contributed by atoms with Crippen LogP contribution in [0.1, 0.15) is 11.1 Å². The Kier molecular flexibility index (Phi) is 5.82. The smallest absolute Gasteiger partial charge is 0.243 e. The molecule has 1 amide bonds. The summed E-state index contributed by atoms with van der Waals surface area (Å²) in [6.45, 7) is 4.05. The van der Waals surface area contributed by atoms with Crippen molar-refractivity contribution in [3.05, 3.63) is 65.0 Å². The Labute approximate surface area is 182 Å². The number of nitrogens with zero attached hydrogens (tertiary/aromatic N) is 4. The molecule has 3 N–H and O–H groups in total. The maximum absolute atomic E-state index is 13.2. The molecule has 0 aliphatic heterocycles. The van der Waals surface area contributed by atoms with Crippen LogP contribution in [0.5, 0.6) is 0 Å². The standard InChI is InChI=1S/C21H20N6OS2/c1-13-6-8-15(9-7-13)17-11-30-21(23-17)27(16-5-3-4-14(2)10-16)18(28)12-29-20-24-19(22)25-26-20/h3-11H,12H2,1-2H3,(H3,22,24,25,26). The van der Waals surface area contributed by atoms with E-state index in [2.05, 4.69) is 27.3 Å². The Balaban J connectivity index is 1.63. The monoisotopic (exact) mass is 436 g/mol. The highest BCUT2D eigenvalue weighted by Crippen LogP contribution is 2.33. The number of thioether (sulfide) groups is 1. The van der Waals surface area contributed by atoms with E-state index in [1.807, 2.05) is 55.6 Å². The van der Waals surface area contributed by atoms with Gasteiger partial charge in [-0.15, -0.1) is 16.4 Å². The lowest BCUT2D eigenvalue weighted by Gasteiger charge is -2.20. The van der Waals surface area contributed by atoms with Crippen LogP contribution in [-0.2, 0) is 4.79 Å². The number of rotatable bonds is 6. The highest BCUT2D eigenvalue weighted by atomic mass is 32.2. The first-order valence-electron chi connectivity index (χ1n) is 9.22. The van der Waals surface area contributed by atoms with Crippen LogP contribution in [0.3, 0.4) is 0 Å². The van der Waals surface area contributed by atoms with E-state index in [1.165, 1.54) is 28.7 Å². The topological polar surface area (TPSA) is 101 Å². The molecule has 2 heterocycles. The first kappa shape index (κ1) is 20.1. The summed E-state index contributed by atoms with van der Waals surface area (Å²) in [6.07, 6.45) is 0. The van der Waals surface area contributed by atoms with Crippen LogP contribution in [0.4, 0.5) is 16.8 Å². The maximum Gasteiger partial charge on any atom is 0.243 e. The number of aromatic nitrogens is 4. The van der Waals surface area contributed by atoms with E-state index in [-0.39, 0.29) is 17.6 Å². The van der Waals surface area contributed by atoms with E-state index < -0.39 is 0 Å². The Bertz CT molecular complexity index is 1170. The average molecular weight is 437 g/mol. The van der Waals surface area contributed by atoms with Crippen molar-refractivity contribution in [2.24, 2.45) is 0 Å². The Morgan fingerprint density at radius 3 is 2.63 bits per heavy atom. The maximum atomic E-state index is 13.2. The Morgan fingerprint density at radius 2 is 1.93 bits per heavy atom. The van der Waals surface area contributed by atoms with Crippen LogP contribution in [0.2, 0.25) is 0 Å². The number of benzene rings is 2. The molecule has 4 aromatic rings. The van der Waals surface area contributed by atoms with E-state index in [9.17, 15) is 4.79 Å². The zero-order valence-electron chi connectivity index (χ0n) is 16.5. The van der Waals surface area contributed by atoms with Gasteiger partial charge in [0.15, 0.2) is 5.13 Å². The third-order valence-corrected chi connectivity index (χ3v) is 6.00. The van der Waals surface area contributed by atoms with Crippen LogP contribution in [-0.4, -0.2) is 31.8 Å². The minimum atomic E-state index is -0.112. The second-order valence-corrected chi connectivity index (χ2v) is 8.52. The lowest BCUT2D eigenvalue weighted by Crippen LogP contribution is -2.27. The van der Waals surface area contributed by atoms with Crippen molar-refractivity contribution in [3.8, 4) is 11.3 Å². The zero-order chi connectivity index (χ0) is 21.1. The van der Waals surface area contributed by atoms with E-state index in [4.69, 9.17) is 10.7 Å². The van der Waals surface area contributed by atoms with Crippen molar-refractivity contribution in [1.82, 2.24) is 20.2 Å². The van der Waals surface area contributed by atoms with Gasteiger partial charge in [-0.2, -0.15) is 4.98 Å². The highest BCUT2D eigenvalue weighted by molar-refractivity contribution is 7.99. The second-order valence-electron chi connectivity index (χ2n) is 6.74. The number of thiazole rings is 1. The fourth-order valence-electron chi connectivity index (χ4n) is 2.87. The quantitative estimate of drug-likeness (QED) is 0.429. The normalized spacial score (nSPS) is 10.9. The van der Waals surface area contributed by atoms with Crippen molar-refractivity contribution in [2.45, 2.75) is 19.0 Å². The van der Waals surface area contributed by atoms with Crippen LogP contribution in [0, 0.1) is 13.8 Å². The van der Waals surface area contributed by atoms with Crippen LogP contribution >= 0.6 is 23.1 Å². The summed E-state index contributed by atoms with van der Waals surface area (Å²) in [5.74, 6) is 0.270. The molecule has 7 nitrogen and oxygen atoms in total. The number of amides is 1. The molecule has 30 heavy (non-hydrogen) atoms. The predicted molar refractivity (Wildman–Crippen MR) is 122 cm³/mol. The minimum Gasteiger partial charge on any atom is -0.368 e. The van der Waals surface area contributed by atoms with Gasteiger partial charge >= 0.3 is 0 Å². The number of H-pyrrole nitrogens is 1. The number of carbonyl (C=O) groups is 1. The molecule has 0 bridgehead atoms. The predicted octanol–water partition coefficient (Wildman–Crippen LogP) is 4.58. The van der Waals surface area contributed by atoms with Gasteiger partial charge in [-0.05, 0) is 31.5 Å². The van der Waals surface area contributed by atoms with Gasteiger partial charge in [0.1, 0.15) is 0 Å². The molecule has 0 spiro atoms. The number of nitrogens with one attached hydrogen (secondary N) is 1. The van der Waals surface area contributed by atoms with E-state index in [1.54, 1.807) is 4.90 Å². The number of nitrogens with two attached hydrogens (primary N) is 1. The fourth-order valence-corrected chi connectivity index (χ4v) is 4.39. The SMILES string of the molecule is Cc1ccc(-c2csc(N(C(=O)CSc3n[nH]c(N)n3)c3cccc(C)c3)n2)cc1. The summed E-state index contributed by atoms with van der Waals surface area (Å²) >= 11 is 2.67. The molecular weight excluding hydrogens is 416 g/mol. The summed E-state index contributed by atoms with van der Waals surface area (Å²) < 4.78 is 0. The number of anilines is 3. The highest BCUT2D eigenvalue weighted by Gasteiger charge is 2.22. The van der Waals surface area contributed by atoms with Gasteiger partial charge < -0.3 is 5.73 Å². The Morgan fingerprint density at radius 1 is 1.13 bits per heavy atom. The van der Waals surface area contributed by atoms with Gasteiger partial charge in [0.2, 0.25) is 17.0 Å². The number of aromatic amines is 1. The molecular formula is C21H20N6OS2. The number of hydrogen-bond donors (Lipinski definition) is 2. The first-order chi connectivity index (χ1) is 14.5. The lowest BCUT2D eigenvalue weighted by molar-refractivity contribution is -0.115. The third kappa shape index (κ3) is 4.52. The first-order valence-corrected chi connectivity index (χ1v) is 11.1. The van der Waals surface area contributed by atoms with Crippen molar-refractivity contribution in [1.29, 1.82) is 0 Å². The van der Waals surface area contributed by atoms with E-state index in [0.29, 0.717) is 10.3 Å². The molecule has 0 aliphatic carbocycles. The number of aryl methyl sites for hydroxylation is 2. The van der Waals surface area contributed by atoms with Gasteiger partial charge in [0, 0.05) is 10.9 Å². The minimum absolute atomic E-state index is 0.112. The third-order valence-electron chi connectivity index (χ3n) is 4.35. The molecule has 2 aromatic heterocycles. The molecule has 0 aliphatic rings. The molecule has 0 saturated heterocycles. The summed E-state index contributed by atoms with van der Waals surface area (Å²) in [4.78, 5) is 23.6. The Hall–Kier alpha value is -3.17. The van der Waals surface area contributed by atoms with Crippen molar-refractivity contribution < 1.29 is 4.79 Å². The van der Waals surface area contributed by atoms with Crippen molar-refractivity contribution in [2.75, 3.05) is 16.4 Å². The van der Waals surface area contributed by atoms with Crippen LogP contribution < -0.4 is 10.6 Å². The molecule has 152 valence electrons. The molecule has 4 rings (SSSR count). The summed E-state index contributed by atoms with van der Waals surface area (Å²) in [7, 11) is 0. The van der Waals surface area contributed by atoms with Gasteiger partial charge in [-0.3, -0.25) is 9.69 Å². The van der Waals surface area contributed by atoms with Gasteiger partial charge in [0.05, 0.1) is 17.1 Å². The van der Waals surface area contributed by atoms with Gasteiger partial charge in [0.25, 0.3) is 0 Å². The number of carbonyl (C=O) groups excluding carboxylic acids is 1. The van der Waals surface area contributed by atoms with Crippen LogP contribution in [0.15, 0.2) is 59.1 Å². The summed E-state index contributed by atoms with van der Waals surface area (Å²) in [6, 6.07) is 16.0. The number of nitrogen functional groups attached to an aromatic ring is 1. The van der Waals surface area contributed by atoms with Crippen molar-refractivity contribution in [3.63, 3.8) is 0 Å². The summed E-state index contributed by atoms with van der Waals surface area (Å²) in [5, 5.41) is 9.58. The molecule has 0 radical (unpaired) electrons. The van der Waals surface area contributed by atoms with E-state index in [0.717, 1.165) is 22.5 Å². The molecule has 0 unspecified atom stereocenters. The summed E-state index contributed by atoms with van der Waals surface area (Å²) in [5.41, 5.74) is 10.5. The van der Waals surface area contributed by atoms with Gasteiger partial charge in [-0.25, -0.2) is 10.1 Å².